The number of rotatable bonds is 7. The van der Waals surface area contributed by atoms with Crippen LogP contribution in [0.1, 0.15) is 51.9 Å². The van der Waals surface area contributed by atoms with Crippen molar-refractivity contribution in [2.75, 3.05) is 11.5 Å². The van der Waals surface area contributed by atoms with Gasteiger partial charge in [-0.15, -0.1) is 0 Å². The van der Waals surface area contributed by atoms with Crippen LogP contribution in [0.3, 0.4) is 0 Å². The van der Waals surface area contributed by atoms with Crippen molar-refractivity contribution < 1.29 is 13.2 Å². The molecule has 1 rings (SSSR count). The molecule has 1 atom stereocenters. The van der Waals surface area contributed by atoms with Crippen LogP contribution in [0.2, 0.25) is 0 Å². The van der Waals surface area contributed by atoms with Gasteiger partial charge in [-0.1, -0.05) is 26.2 Å². The molecule has 16 heavy (non-hydrogen) atoms. The van der Waals surface area contributed by atoms with Crippen molar-refractivity contribution in [2.45, 2.75) is 51.9 Å². The molecule has 0 aromatic rings. The van der Waals surface area contributed by atoms with Crippen molar-refractivity contribution in [3.05, 3.63) is 0 Å². The van der Waals surface area contributed by atoms with Crippen LogP contribution in [0, 0.1) is 5.92 Å². The van der Waals surface area contributed by atoms with Crippen LogP contribution in [0.5, 0.6) is 0 Å². The Labute approximate surface area is 98.5 Å². The summed E-state index contributed by atoms with van der Waals surface area (Å²) in [5.41, 5.74) is 0. The highest BCUT2D eigenvalue weighted by atomic mass is 32.2. The third-order valence-electron chi connectivity index (χ3n) is 3.15. The Hall–Kier alpha value is -0.380. The maximum Gasteiger partial charge on any atom is 0.150 e. The molecule has 1 heterocycles. The molecule has 1 saturated heterocycles. The molecule has 4 heteroatoms. The Kier molecular flexibility index (Phi) is 5.46. The summed E-state index contributed by atoms with van der Waals surface area (Å²) in [6.07, 6.45) is 6.24. The number of carbonyl (C=O) groups is 1. The SMILES string of the molecule is CCCCCCC(=O)CC1CCS(=O)(=O)C1. The highest BCUT2D eigenvalue weighted by molar-refractivity contribution is 7.91. The van der Waals surface area contributed by atoms with E-state index >= 15 is 0 Å². The zero-order valence-electron chi connectivity index (χ0n) is 10.1. The second kappa shape index (κ2) is 6.38. The van der Waals surface area contributed by atoms with Crippen molar-refractivity contribution in [3.8, 4) is 0 Å². The first-order chi connectivity index (χ1) is 7.53. The minimum Gasteiger partial charge on any atom is -0.300 e. The number of carbonyl (C=O) groups excluding carboxylic acids is 1. The molecule has 0 radical (unpaired) electrons. The summed E-state index contributed by atoms with van der Waals surface area (Å²) in [6.45, 7) is 2.14. The van der Waals surface area contributed by atoms with E-state index in [0.717, 1.165) is 12.8 Å². The van der Waals surface area contributed by atoms with Crippen LogP contribution in [-0.4, -0.2) is 25.7 Å². The molecule has 0 bridgehead atoms. The molecule has 1 aliphatic rings. The van der Waals surface area contributed by atoms with Gasteiger partial charge >= 0.3 is 0 Å². The zero-order chi connectivity index (χ0) is 12.0. The molecule has 1 fully saturated rings. The van der Waals surface area contributed by atoms with E-state index in [1.807, 2.05) is 0 Å². The lowest BCUT2D eigenvalue weighted by Gasteiger charge is -2.05. The molecule has 0 spiro atoms. The van der Waals surface area contributed by atoms with Crippen molar-refractivity contribution in [1.82, 2.24) is 0 Å². The molecule has 3 nitrogen and oxygen atoms in total. The number of sulfone groups is 1. The highest BCUT2D eigenvalue weighted by Gasteiger charge is 2.28. The summed E-state index contributed by atoms with van der Waals surface area (Å²) < 4.78 is 22.4. The van der Waals surface area contributed by atoms with Crippen molar-refractivity contribution in [1.29, 1.82) is 0 Å². The van der Waals surface area contributed by atoms with E-state index < -0.39 is 9.84 Å². The van der Waals surface area contributed by atoms with Gasteiger partial charge in [-0.05, 0) is 18.8 Å². The first kappa shape index (κ1) is 13.7. The number of unbranched alkanes of at least 4 members (excludes halogenated alkanes) is 3. The smallest absolute Gasteiger partial charge is 0.150 e. The Morgan fingerprint density at radius 2 is 2.00 bits per heavy atom. The molecule has 0 aromatic heterocycles. The molecule has 0 saturated carbocycles. The second-order valence-corrected chi connectivity index (χ2v) is 7.05. The summed E-state index contributed by atoms with van der Waals surface area (Å²) >= 11 is 0. The van der Waals surface area contributed by atoms with Gasteiger partial charge in [0, 0.05) is 12.8 Å². The second-order valence-electron chi connectivity index (χ2n) is 4.82. The summed E-state index contributed by atoms with van der Waals surface area (Å²) in [5, 5.41) is 0. The quantitative estimate of drug-likeness (QED) is 0.648. The van der Waals surface area contributed by atoms with Crippen molar-refractivity contribution in [2.24, 2.45) is 5.92 Å². The van der Waals surface area contributed by atoms with Crippen LogP contribution in [0.25, 0.3) is 0 Å². The average molecular weight is 246 g/mol. The van der Waals surface area contributed by atoms with E-state index in [0.29, 0.717) is 19.3 Å². The van der Waals surface area contributed by atoms with Gasteiger partial charge in [0.2, 0.25) is 0 Å². The normalized spacial score (nSPS) is 23.4. The number of hydrogen-bond donors (Lipinski definition) is 0. The maximum absolute atomic E-state index is 11.6. The van der Waals surface area contributed by atoms with Crippen molar-refractivity contribution >= 4 is 15.6 Å². The minimum absolute atomic E-state index is 0.101. The minimum atomic E-state index is -2.82. The first-order valence-corrected chi connectivity index (χ1v) is 8.08. The summed E-state index contributed by atoms with van der Waals surface area (Å²) in [7, 11) is -2.82. The number of hydrogen-bond acceptors (Lipinski definition) is 3. The van der Waals surface area contributed by atoms with E-state index in [4.69, 9.17) is 0 Å². The largest absolute Gasteiger partial charge is 0.300 e. The predicted octanol–water partition coefficient (Wildman–Crippen LogP) is 2.35. The van der Waals surface area contributed by atoms with Gasteiger partial charge in [-0.25, -0.2) is 8.42 Å². The van der Waals surface area contributed by atoms with Gasteiger partial charge in [0.15, 0.2) is 9.84 Å². The Morgan fingerprint density at radius 3 is 2.56 bits per heavy atom. The van der Waals surface area contributed by atoms with Gasteiger partial charge in [-0.2, -0.15) is 0 Å². The first-order valence-electron chi connectivity index (χ1n) is 6.25. The molecular formula is C12H22O3S. The van der Waals surface area contributed by atoms with Gasteiger partial charge < -0.3 is 0 Å². The van der Waals surface area contributed by atoms with Crippen LogP contribution in [-0.2, 0) is 14.6 Å². The fraction of sp³-hybridized carbons (Fsp3) is 0.917. The van der Waals surface area contributed by atoms with Crippen molar-refractivity contribution in [3.63, 3.8) is 0 Å². The Balaban J connectivity index is 2.15. The lowest BCUT2D eigenvalue weighted by Crippen LogP contribution is -2.10. The van der Waals surface area contributed by atoms with Gasteiger partial charge in [0.05, 0.1) is 11.5 Å². The average Bonchev–Trinajstić information content (AvgIpc) is 2.53. The zero-order valence-corrected chi connectivity index (χ0v) is 10.9. The summed E-state index contributed by atoms with van der Waals surface area (Å²) in [4.78, 5) is 11.6. The molecule has 0 aliphatic carbocycles. The third kappa shape index (κ3) is 5.10. The topological polar surface area (TPSA) is 51.2 Å². The monoisotopic (exact) mass is 246 g/mol. The van der Waals surface area contributed by atoms with E-state index in [1.165, 1.54) is 12.8 Å². The fourth-order valence-corrected chi connectivity index (χ4v) is 4.07. The van der Waals surface area contributed by atoms with Crippen LogP contribution < -0.4 is 0 Å². The van der Waals surface area contributed by atoms with E-state index in [9.17, 15) is 13.2 Å². The number of ketones is 1. The highest BCUT2D eigenvalue weighted by Crippen LogP contribution is 2.22. The molecule has 94 valence electrons. The maximum atomic E-state index is 11.6. The van der Waals surface area contributed by atoms with E-state index in [2.05, 4.69) is 6.92 Å². The molecule has 1 aliphatic heterocycles. The Bertz CT molecular complexity index is 319. The predicted molar refractivity (Wildman–Crippen MR) is 65.1 cm³/mol. The van der Waals surface area contributed by atoms with Gasteiger partial charge in [0.1, 0.15) is 5.78 Å². The standard InChI is InChI=1S/C12H22O3S/c1-2-3-4-5-6-12(13)9-11-7-8-16(14,15)10-11/h11H,2-10H2,1H3. The van der Waals surface area contributed by atoms with Gasteiger partial charge in [-0.3, -0.25) is 4.79 Å². The number of Topliss-reactive ketones (excluding diaryl/α,β-unsaturated/α-hetero) is 1. The molecule has 0 aromatic carbocycles. The van der Waals surface area contributed by atoms with Crippen LogP contribution >= 0.6 is 0 Å². The molecule has 0 N–H and O–H groups in total. The van der Waals surface area contributed by atoms with Crippen LogP contribution in [0.4, 0.5) is 0 Å². The van der Waals surface area contributed by atoms with Gasteiger partial charge in [0.25, 0.3) is 0 Å². The summed E-state index contributed by atoms with van der Waals surface area (Å²) in [6, 6.07) is 0. The van der Waals surface area contributed by atoms with E-state index in [-0.39, 0.29) is 23.2 Å². The van der Waals surface area contributed by atoms with E-state index in [1.54, 1.807) is 0 Å². The van der Waals surface area contributed by atoms with Crippen LogP contribution in [0.15, 0.2) is 0 Å². The fourth-order valence-electron chi connectivity index (χ4n) is 2.21. The molecular weight excluding hydrogens is 224 g/mol. The third-order valence-corrected chi connectivity index (χ3v) is 4.99. The lowest BCUT2D eigenvalue weighted by atomic mass is 9.99. The Morgan fingerprint density at radius 1 is 1.25 bits per heavy atom. The molecule has 0 amide bonds. The summed E-state index contributed by atoms with van der Waals surface area (Å²) in [5.74, 6) is 0.857. The molecule has 1 unspecified atom stereocenters. The lowest BCUT2D eigenvalue weighted by molar-refractivity contribution is -0.119.